The first-order chi connectivity index (χ1) is 9.29. The maximum Gasteiger partial charge on any atom is 0.391 e. The number of alkyl halides is 3. The van der Waals surface area contributed by atoms with Gasteiger partial charge < -0.3 is 16.0 Å². The summed E-state index contributed by atoms with van der Waals surface area (Å²) in [5.41, 5.74) is 4.74. The maximum absolute atomic E-state index is 12.6. The van der Waals surface area contributed by atoms with Crippen LogP contribution in [0, 0.1) is 11.8 Å². The van der Waals surface area contributed by atoms with E-state index in [0.717, 1.165) is 12.8 Å². The highest BCUT2D eigenvalue weighted by Gasteiger charge is 2.50. The molecule has 0 spiro atoms. The molecular formula is C13H22F3N3O. The van der Waals surface area contributed by atoms with E-state index in [1.165, 1.54) is 0 Å². The van der Waals surface area contributed by atoms with E-state index >= 15 is 0 Å². The van der Waals surface area contributed by atoms with Crippen LogP contribution >= 0.6 is 0 Å². The van der Waals surface area contributed by atoms with Gasteiger partial charge in [-0.15, -0.1) is 0 Å². The predicted molar refractivity (Wildman–Crippen MR) is 68.9 cm³/mol. The van der Waals surface area contributed by atoms with Gasteiger partial charge >= 0.3 is 6.18 Å². The van der Waals surface area contributed by atoms with Gasteiger partial charge in [0.1, 0.15) is 5.54 Å². The van der Waals surface area contributed by atoms with Gasteiger partial charge in [-0.25, -0.2) is 0 Å². The minimum absolute atomic E-state index is 0.104. The number of nitrogens with two attached hydrogens (primary N) is 1. The Morgan fingerprint density at radius 3 is 2.10 bits per heavy atom. The molecule has 1 atom stereocenters. The van der Waals surface area contributed by atoms with Gasteiger partial charge in [-0.1, -0.05) is 0 Å². The third-order valence-electron chi connectivity index (χ3n) is 4.68. The molecule has 116 valence electrons. The van der Waals surface area contributed by atoms with Crippen molar-refractivity contribution < 1.29 is 18.0 Å². The van der Waals surface area contributed by atoms with Gasteiger partial charge in [-0.2, -0.15) is 13.2 Å². The van der Waals surface area contributed by atoms with E-state index in [4.69, 9.17) is 5.73 Å². The van der Waals surface area contributed by atoms with Crippen LogP contribution in [0.15, 0.2) is 0 Å². The Labute approximate surface area is 116 Å². The van der Waals surface area contributed by atoms with Crippen molar-refractivity contribution in [1.82, 2.24) is 10.2 Å². The van der Waals surface area contributed by atoms with Gasteiger partial charge in [0.2, 0.25) is 5.91 Å². The third kappa shape index (κ3) is 3.09. The molecule has 1 saturated heterocycles. The Balaban J connectivity index is 1.95. The molecule has 20 heavy (non-hydrogen) atoms. The summed E-state index contributed by atoms with van der Waals surface area (Å²) in [6.45, 7) is 1.15. The number of nitrogens with one attached hydrogen (secondary N) is 1. The Hall–Kier alpha value is -0.820. The van der Waals surface area contributed by atoms with E-state index in [0.29, 0.717) is 19.6 Å². The fraction of sp³-hybridized carbons (Fsp3) is 0.923. The molecule has 1 unspecified atom stereocenters. The van der Waals surface area contributed by atoms with Crippen molar-refractivity contribution >= 4 is 5.91 Å². The smallest absolute Gasteiger partial charge is 0.368 e. The van der Waals surface area contributed by atoms with Crippen LogP contribution in [0.2, 0.25) is 0 Å². The van der Waals surface area contributed by atoms with Crippen LogP contribution in [0.3, 0.4) is 0 Å². The molecule has 7 heteroatoms. The topological polar surface area (TPSA) is 58.4 Å². The van der Waals surface area contributed by atoms with Gasteiger partial charge in [0.25, 0.3) is 0 Å². The van der Waals surface area contributed by atoms with Crippen LogP contribution in [0.25, 0.3) is 0 Å². The van der Waals surface area contributed by atoms with Gasteiger partial charge in [0.15, 0.2) is 0 Å². The highest BCUT2D eigenvalue weighted by atomic mass is 19.4. The van der Waals surface area contributed by atoms with E-state index in [-0.39, 0.29) is 18.8 Å². The molecule has 0 aromatic heterocycles. The Kier molecular flexibility index (Phi) is 4.30. The average Bonchev–Trinajstić information content (AvgIpc) is 3.19. The molecule has 1 heterocycles. The molecule has 1 aliphatic heterocycles. The number of hydrogen-bond acceptors (Lipinski definition) is 3. The van der Waals surface area contributed by atoms with Crippen LogP contribution < -0.4 is 11.1 Å². The zero-order chi connectivity index (χ0) is 15.0. The summed E-state index contributed by atoms with van der Waals surface area (Å²) < 4.78 is 37.9. The Morgan fingerprint density at radius 2 is 1.75 bits per heavy atom. The van der Waals surface area contributed by atoms with Crippen molar-refractivity contribution in [1.29, 1.82) is 0 Å². The van der Waals surface area contributed by atoms with Crippen molar-refractivity contribution in [2.75, 3.05) is 26.7 Å². The number of likely N-dealkylation sites (tertiary alicyclic amines) is 1. The zero-order valence-electron chi connectivity index (χ0n) is 11.7. The van der Waals surface area contributed by atoms with Crippen molar-refractivity contribution in [3.05, 3.63) is 0 Å². The standard InChI is InChI=1S/C13H22F3N3O/c1-18-12(11(17)20,9-2-3-9)8-19-6-4-10(5-7-19)13(14,15)16/h9-10,18H,2-8H2,1H3,(H2,17,20). The molecule has 0 aromatic rings. The number of halogens is 3. The van der Waals surface area contributed by atoms with Crippen molar-refractivity contribution in [2.24, 2.45) is 17.6 Å². The van der Waals surface area contributed by atoms with Crippen molar-refractivity contribution in [2.45, 2.75) is 37.4 Å². The first-order valence-corrected chi connectivity index (χ1v) is 7.07. The molecule has 0 bridgehead atoms. The number of nitrogens with zero attached hydrogens (tertiary/aromatic N) is 1. The van der Waals surface area contributed by atoms with E-state index < -0.39 is 23.5 Å². The van der Waals surface area contributed by atoms with Crippen molar-refractivity contribution in [3.8, 4) is 0 Å². The second-order valence-corrected chi connectivity index (χ2v) is 5.95. The zero-order valence-corrected chi connectivity index (χ0v) is 11.7. The fourth-order valence-electron chi connectivity index (χ4n) is 3.16. The highest BCUT2D eigenvalue weighted by Crippen LogP contribution is 2.41. The van der Waals surface area contributed by atoms with Crippen LogP contribution in [0.5, 0.6) is 0 Å². The van der Waals surface area contributed by atoms with Gasteiger partial charge in [0, 0.05) is 6.54 Å². The molecule has 2 rings (SSSR count). The number of primary amides is 1. The monoisotopic (exact) mass is 293 g/mol. The van der Waals surface area contributed by atoms with E-state index in [1.54, 1.807) is 7.05 Å². The summed E-state index contributed by atoms with van der Waals surface area (Å²) >= 11 is 0. The summed E-state index contributed by atoms with van der Waals surface area (Å²) in [5.74, 6) is -1.40. The van der Waals surface area contributed by atoms with Crippen molar-refractivity contribution in [3.63, 3.8) is 0 Å². The van der Waals surface area contributed by atoms with Gasteiger partial charge in [-0.3, -0.25) is 4.79 Å². The Bertz CT molecular complexity index is 362. The number of amides is 1. The molecule has 1 saturated carbocycles. The minimum Gasteiger partial charge on any atom is -0.368 e. The maximum atomic E-state index is 12.6. The van der Waals surface area contributed by atoms with Crippen LogP contribution in [-0.2, 0) is 4.79 Å². The lowest BCUT2D eigenvalue weighted by atomic mass is 9.89. The first kappa shape index (κ1) is 15.6. The third-order valence-corrected chi connectivity index (χ3v) is 4.68. The summed E-state index contributed by atoms with van der Waals surface area (Å²) in [6.07, 6.45) is -2.00. The van der Waals surface area contributed by atoms with E-state index in [9.17, 15) is 18.0 Å². The highest BCUT2D eigenvalue weighted by molar-refractivity contribution is 5.86. The second kappa shape index (κ2) is 5.52. The number of carbonyl (C=O) groups excluding carboxylic acids is 1. The minimum atomic E-state index is -4.10. The van der Waals surface area contributed by atoms with Crippen LogP contribution in [0.4, 0.5) is 13.2 Å². The lowest BCUT2D eigenvalue weighted by Crippen LogP contribution is -2.62. The molecule has 1 aliphatic carbocycles. The van der Waals surface area contributed by atoms with E-state index in [1.807, 2.05) is 4.90 Å². The molecule has 0 aromatic carbocycles. The van der Waals surface area contributed by atoms with Crippen LogP contribution in [-0.4, -0.2) is 49.2 Å². The number of hydrogen-bond donors (Lipinski definition) is 2. The molecular weight excluding hydrogens is 271 g/mol. The Morgan fingerprint density at radius 1 is 1.20 bits per heavy atom. The molecule has 2 fully saturated rings. The molecule has 2 aliphatic rings. The largest absolute Gasteiger partial charge is 0.391 e. The number of carbonyl (C=O) groups is 1. The lowest BCUT2D eigenvalue weighted by Gasteiger charge is -2.39. The summed E-state index contributed by atoms with van der Waals surface area (Å²) in [6, 6.07) is 0. The SMILES string of the molecule is CNC(CN1CCC(C(F)(F)F)CC1)(C(N)=O)C1CC1. The number of likely N-dealkylation sites (N-methyl/N-ethyl adjacent to an activating group) is 1. The second-order valence-electron chi connectivity index (χ2n) is 5.95. The summed E-state index contributed by atoms with van der Waals surface area (Å²) in [5, 5.41) is 3.03. The van der Waals surface area contributed by atoms with Gasteiger partial charge in [-0.05, 0) is 51.7 Å². The molecule has 1 amide bonds. The van der Waals surface area contributed by atoms with Crippen LogP contribution in [0.1, 0.15) is 25.7 Å². The summed E-state index contributed by atoms with van der Waals surface area (Å²) in [4.78, 5) is 13.7. The van der Waals surface area contributed by atoms with Gasteiger partial charge in [0.05, 0.1) is 5.92 Å². The molecule has 3 N–H and O–H groups in total. The first-order valence-electron chi connectivity index (χ1n) is 7.07. The molecule has 0 radical (unpaired) electrons. The van der Waals surface area contributed by atoms with E-state index in [2.05, 4.69) is 5.32 Å². The lowest BCUT2D eigenvalue weighted by molar-refractivity contribution is -0.185. The summed E-state index contributed by atoms with van der Waals surface area (Å²) in [7, 11) is 1.70. The average molecular weight is 293 g/mol. The number of piperidine rings is 1. The fourth-order valence-corrected chi connectivity index (χ4v) is 3.16. The molecule has 4 nitrogen and oxygen atoms in total. The predicted octanol–water partition coefficient (Wildman–Crippen LogP) is 1.11. The quantitative estimate of drug-likeness (QED) is 0.798. The number of rotatable bonds is 5. The normalized spacial score (nSPS) is 25.4.